The van der Waals surface area contributed by atoms with E-state index in [1.165, 1.54) is 11.1 Å². The summed E-state index contributed by atoms with van der Waals surface area (Å²) in [5, 5.41) is 6.08. The van der Waals surface area contributed by atoms with Crippen LogP contribution in [0.1, 0.15) is 31.4 Å². The summed E-state index contributed by atoms with van der Waals surface area (Å²) in [6, 6.07) is 5.93. The number of benzene rings is 1. The summed E-state index contributed by atoms with van der Waals surface area (Å²) in [4.78, 5) is 11.7. The third kappa shape index (κ3) is 4.10. The number of amides is 1. The molecule has 1 amide bonds. The van der Waals surface area contributed by atoms with Gasteiger partial charge in [-0.25, -0.2) is 0 Å². The smallest absolute Gasteiger partial charge is 0.242 e. The van der Waals surface area contributed by atoms with Crippen molar-refractivity contribution >= 4 is 11.6 Å². The van der Waals surface area contributed by atoms with Crippen LogP contribution in [0.2, 0.25) is 0 Å². The third-order valence-corrected chi connectivity index (χ3v) is 2.83. The van der Waals surface area contributed by atoms with E-state index in [1.54, 1.807) is 0 Å². The van der Waals surface area contributed by atoms with Gasteiger partial charge in [-0.05, 0) is 50.5 Å². The number of hydrogen-bond acceptors (Lipinski definition) is 2. The Hall–Kier alpha value is -1.51. The molecule has 3 heteroatoms. The third-order valence-electron chi connectivity index (χ3n) is 2.83. The van der Waals surface area contributed by atoms with Gasteiger partial charge in [0.25, 0.3) is 0 Å². The van der Waals surface area contributed by atoms with Crippen molar-refractivity contribution in [3.63, 3.8) is 0 Å². The molecule has 0 aliphatic rings. The van der Waals surface area contributed by atoms with Gasteiger partial charge in [-0.2, -0.15) is 0 Å². The van der Waals surface area contributed by atoms with Crippen LogP contribution in [0.15, 0.2) is 18.2 Å². The van der Waals surface area contributed by atoms with Crippen LogP contribution < -0.4 is 10.6 Å². The number of rotatable bonds is 5. The topological polar surface area (TPSA) is 41.1 Å². The number of aryl methyl sites for hydroxylation is 2. The molecule has 1 aromatic rings. The first-order valence-corrected chi connectivity index (χ1v) is 6.16. The van der Waals surface area contributed by atoms with Gasteiger partial charge in [-0.3, -0.25) is 4.79 Å². The zero-order valence-corrected chi connectivity index (χ0v) is 11.1. The molecule has 0 aliphatic heterocycles. The first-order chi connectivity index (χ1) is 8.04. The van der Waals surface area contributed by atoms with E-state index < -0.39 is 0 Å². The molecule has 0 aliphatic carbocycles. The largest absolute Gasteiger partial charge is 0.374 e. The molecule has 1 aromatic carbocycles. The summed E-state index contributed by atoms with van der Waals surface area (Å²) in [5.41, 5.74) is 3.49. The Bertz CT molecular complexity index is 388. The molecule has 1 rings (SSSR count). The molecule has 0 heterocycles. The molecule has 0 spiro atoms. The van der Waals surface area contributed by atoms with Crippen molar-refractivity contribution < 1.29 is 4.79 Å². The molecule has 0 radical (unpaired) electrons. The van der Waals surface area contributed by atoms with Gasteiger partial charge in [0.15, 0.2) is 0 Å². The molecule has 94 valence electrons. The molecule has 1 unspecified atom stereocenters. The predicted octanol–water partition coefficient (Wildman–Crippen LogP) is 2.63. The van der Waals surface area contributed by atoms with Gasteiger partial charge in [0.2, 0.25) is 5.91 Å². The molecule has 0 saturated heterocycles. The van der Waals surface area contributed by atoms with E-state index in [1.807, 2.05) is 19.9 Å². The summed E-state index contributed by atoms with van der Waals surface area (Å²) >= 11 is 0. The van der Waals surface area contributed by atoms with Crippen LogP contribution in [0.5, 0.6) is 0 Å². The van der Waals surface area contributed by atoms with Gasteiger partial charge in [0.05, 0.1) is 0 Å². The highest BCUT2D eigenvalue weighted by molar-refractivity contribution is 5.84. The molecule has 0 fully saturated rings. The second kappa shape index (κ2) is 6.28. The number of carbonyl (C=O) groups is 1. The number of anilines is 1. The normalized spacial score (nSPS) is 12.0. The average molecular weight is 234 g/mol. The van der Waals surface area contributed by atoms with E-state index in [0.29, 0.717) is 0 Å². The van der Waals surface area contributed by atoms with Crippen LogP contribution in [0.4, 0.5) is 5.69 Å². The fourth-order valence-corrected chi connectivity index (χ4v) is 1.55. The van der Waals surface area contributed by atoms with E-state index in [4.69, 9.17) is 0 Å². The van der Waals surface area contributed by atoms with Gasteiger partial charge in [0.1, 0.15) is 6.04 Å². The van der Waals surface area contributed by atoms with Crippen LogP contribution in [-0.4, -0.2) is 18.5 Å². The maximum absolute atomic E-state index is 11.7. The van der Waals surface area contributed by atoms with Gasteiger partial charge < -0.3 is 10.6 Å². The van der Waals surface area contributed by atoms with Crippen molar-refractivity contribution in [2.24, 2.45) is 0 Å². The Balaban J connectivity index is 2.58. The van der Waals surface area contributed by atoms with Gasteiger partial charge in [0, 0.05) is 12.2 Å². The van der Waals surface area contributed by atoms with Crippen molar-refractivity contribution in [2.75, 3.05) is 11.9 Å². The van der Waals surface area contributed by atoms with Crippen LogP contribution in [0.25, 0.3) is 0 Å². The lowest BCUT2D eigenvalue weighted by molar-refractivity contribution is -0.121. The van der Waals surface area contributed by atoms with Crippen LogP contribution in [-0.2, 0) is 4.79 Å². The molecule has 3 nitrogen and oxygen atoms in total. The summed E-state index contributed by atoms with van der Waals surface area (Å²) in [6.07, 6.45) is 0.960. The van der Waals surface area contributed by atoms with E-state index in [2.05, 4.69) is 36.6 Å². The molecular formula is C14H22N2O. The first-order valence-electron chi connectivity index (χ1n) is 6.16. The zero-order valence-electron chi connectivity index (χ0n) is 11.1. The zero-order chi connectivity index (χ0) is 12.8. The molecule has 0 saturated carbocycles. The number of hydrogen-bond donors (Lipinski definition) is 2. The molecular weight excluding hydrogens is 212 g/mol. The Morgan fingerprint density at radius 2 is 2.00 bits per heavy atom. The monoisotopic (exact) mass is 234 g/mol. The average Bonchev–Trinajstić information content (AvgIpc) is 2.30. The van der Waals surface area contributed by atoms with Crippen molar-refractivity contribution in [3.8, 4) is 0 Å². The lowest BCUT2D eigenvalue weighted by Crippen LogP contribution is -2.37. The fourth-order valence-electron chi connectivity index (χ4n) is 1.55. The molecule has 0 aromatic heterocycles. The lowest BCUT2D eigenvalue weighted by atomic mass is 10.1. The van der Waals surface area contributed by atoms with Crippen LogP contribution in [0.3, 0.4) is 0 Å². The van der Waals surface area contributed by atoms with Gasteiger partial charge >= 0.3 is 0 Å². The minimum atomic E-state index is -0.205. The maximum atomic E-state index is 11.7. The second-order valence-electron chi connectivity index (χ2n) is 4.46. The minimum absolute atomic E-state index is 0.0464. The van der Waals surface area contributed by atoms with Crippen molar-refractivity contribution in [1.29, 1.82) is 0 Å². The maximum Gasteiger partial charge on any atom is 0.242 e. The van der Waals surface area contributed by atoms with E-state index in [0.717, 1.165) is 18.7 Å². The van der Waals surface area contributed by atoms with Crippen LogP contribution >= 0.6 is 0 Å². The van der Waals surface area contributed by atoms with Crippen molar-refractivity contribution in [2.45, 2.75) is 40.2 Å². The molecule has 2 N–H and O–H groups in total. The molecule has 17 heavy (non-hydrogen) atoms. The van der Waals surface area contributed by atoms with E-state index in [-0.39, 0.29) is 11.9 Å². The Kier molecular flexibility index (Phi) is 5.01. The predicted molar refractivity (Wildman–Crippen MR) is 72.3 cm³/mol. The highest BCUT2D eigenvalue weighted by atomic mass is 16.2. The lowest BCUT2D eigenvalue weighted by Gasteiger charge is -2.15. The quantitative estimate of drug-likeness (QED) is 0.822. The minimum Gasteiger partial charge on any atom is -0.374 e. The molecule has 1 atom stereocenters. The van der Waals surface area contributed by atoms with Gasteiger partial charge in [-0.1, -0.05) is 13.0 Å². The number of nitrogens with one attached hydrogen (secondary N) is 2. The van der Waals surface area contributed by atoms with E-state index >= 15 is 0 Å². The highest BCUT2D eigenvalue weighted by Gasteiger charge is 2.11. The molecule has 0 bridgehead atoms. The van der Waals surface area contributed by atoms with Crippen molar-refractivity contribution in [3.05, 3.63) is 29.3 Å². The summed E-state index contributed by atoms with van der Waals surface area (Å²) in [5.74, 6) is 0.0464. The Labute approximate surface area is 104 Å². The summed E-state index contributed by atoms with van der Waals surface area (Å²) in [7, 11) is 0. The number of carbonyl (C=O) groups excluding carboxylic acids is 1. The SMILES string of the molecule is CCCNC(=O)C(C)Nc1ccc(C)c(C)c1. The highest BCUT2D eigenvalue weighted by Crippen LogP contribution is 2.14. The first kappa shape index (κ1) is 13.6. The Morgan fingerprint density at radius 1 is 1.29 bits per heavy atom. The summed E-state index contributed by atoms with van der Waals surface area (Å²) < 4.78 is 0. The van der Waals surface area contributed by atoms with Crippen LogP contribution in [0, 0.1) is 13.8 Å². The van der Waals surface area contributed by atoms with E-state index in [9.17, 15) is 4.79 Å². The standard InChI is InChI=1S/C14H22N2O/c1-5-8-15-14(17)12(4)16-13-7-6-10(2)11(3)9-13/h6-7,9,12,16H,5,8H2,1-4H3,(H,15,17). The van der Waals surface area contributed by atoms with Gasteiger partial charge in [-0.15, -0.1) is 0 Å². The summed E-state index contributed by atoms with van der Waals surface area (Å²) in [6.45, 7) is 8.80. The second-order valence-corrected chi connectivity index (χ2v) is 4.46. The fraction of sp³-hybridized carbons (Fsp3) is 0.500. The van der Waals surface area contributed by atoms with Crippen molar-refractivity contribution in [1.82, 2.24) is 5.32 Å². The Morgan fingerprint density at radius 3 is 2.59 bits per heavy atom.